The highest BCUT2D eigenvalue weighted by Gasteiger charge is 2.16. The van der Waals surface area contributed by atoms with Gasteiger partial charge in [0, 0.05) is 22.5 Å². The first-order chi connectivity index (χ1) is 11.0. The molecule has 0 bridgehead atoms. The van der Waals surface area contributed by atoms with Crippen molar-refractivity contribution >= 4 is 17.6 Å². The summed E-state index contributed by atoms with van der Waals surface area (Å²) in [5, 5.41) is 9.88. The maximum absolute atomic E-state index is 11.3. The molecule has 2 aromatic carbocycles. The van der Waals surface area contributed by atoms with Crippen molar-refractivity contribution in [3.8, 4) is 17.1 Å². The molecule has 0 fully saturated rings. The summed E-state index contributed by atoms with van der Waals surface area (Å²) in [5.41, 5.74) is 4.00. The molecule has 116 valence electrons. The van der Waals surface area contributed by atoms with Gasteiger partial charge in [-0.2, -0.15) is 0 Å². The third-order valence-corrected chi connectivity index (χ3v) is 4.05. The van der Waals surface area contributed by atoms with Crippen molar-refractivity contribution in [3.05, 3.63) is 70.5 Å². The summed E-state index contributed by atoms with van der Waals surface area (Å²) in [5.74, 6) is -0.481. The average molecular weight is 327 g/mol. The van der Waals surface area contributed by atoms with Crippen LogP contribution in [0.3, 0.4) is 0 Å². The van der Waals surface area contributed by atoms with Crippen LogP contribution in [-0.2, 0) is 0 Å². The van der Waals surface area contributed by atoms with Crippen LogP contribution < -0.4 is 0 Å². The lowest BCUT2D eigenvalue weighted by Crippen LogP contribution is -1.97. The summed E-state index contributed by atoms with van der Waals surface area (Å²) in [6.45, 7) is 4.06. The molecular weight excluding hydrogens is 312 g/mol. The van der Waals surface area contributed by atoms with Gasteiger partial charge in [0.2, 0.25) is 0 Å². The number of carbonyl (C=O) groups is 1. The SMILES string of the molecule is Cc1ccc(-n2cc(C(=O)O)nc2-c2ccc(Cl)cc2)cc1C. The maximum Gasteiger partial charge on any atom is 0.356 e. The molecule has 1 heterocycles. The van der Waals surface area contributed by atoms with Gasteiger partial charge >= 0.3 is 5.97 Å². The molecule has 0 amide bonds. The van der Waals surface area contributed by atoms with Crippen molar-refractivity contribution in [1.29, 1.82) is 0 Å². The zero-order valence-electron chi connectivity index (χ0n) is 12.7. The van der Waals surface area contributed by atoms with E-state index in [1.807, 2.05) is 44.2 Å². The number of rotatable bonds is 3. The normalized spacial score (nSPS) is 10.7. The first-order valence-corrected chi connectivity index (χ1v) is 7.50. The second-order valence-corrected chi connectivity index (χ2v) is 5.84. The smallest absolute Gasteiger partial charge is 0.356 e. The van der Waals surface area contributed by atoms with Crippen LogP contribution in [0.1, 0.15) is 21.6 Å². The Bertz CT molecular complexity index is 883. The van der Waals surface area contributed by atoms with Crippen LogP contribution in [0.5, 0.6) is 0 Å². The molecule has 0 unspecified atom stereocenters. The van der Waals surface area contributed by atoms with Gasteiger partial charge in [0.25, 0.3) is 0 Å². The molecule has 0 atom stereocenters. The summed E-state index contributed by atoms with van der Waals surface area (Å²) < 4.78 is 1.79. The molecule has 0 aliphatic heterocycles. The minimum Gasteiger partial charge on any atom is -0.476 e. The van der Waals surface area contributed by atoms with E-state index in [1.54, 1.807) is 16.7 Å². The van der Waals surface area contributed by atoms with Crippen molar-refractivity contribution < 1.29 is 9.90 Å². The zero-order valence-corrected chi connectivity index (χ0v) is 13.5. The molecule has 0 saturated carbocycles. The van der Waals surface area contributed by atoms with E-state index in [0.29, 0.717) is 10.8 Å². The second-order valence-electron chi connectivity index (χ2n) is 5.40. The number of carboxylic acids is 1. The first kappa shape index (κ1) is 15.3. The fourth-order valence-corrected chi connectivity index (χ4v) is 2.48. The number of benzene rings is 2. The predicted octanol–water partition coefficient (Wildman–Crippen LogP) is 4.51. The number of nitrogens with zero attached hydrogens (tertiary/aromatic N) is 2. The topological polar surface area (TPSA) is 55.1 Å². The van der Waals surface area contributed by atoms with E-state index in [9.17, 15) is 9.90 Å². The number of hydrogen-bond acceptors (Lipinski definition) is 2. The van der Waals surface area contributed by atoms with Crippen molar-refractivity contribution in [2.24, 2.45) is 0 Å². The minimum absolute atomic E-state index is 0.00757. The number of aromatic nitrogens is 2. The van der Waals surface area contributed by atoms with Gasteiger partial charge in [-0.15, -0.1) is 0 Å². The molecular formula is C18H15ClN2O2. The second kappa shape index (κ2) is 5.89. The van der Waals surface area contributed by atoms with Gasteiger partial charge in [-0.3, -0.25) is 4.57 Å². The van der Waals surface area contributed by atoms with E-state index in [-0.39, 0.29) is 5.69 Å². The van der Waals surface area contributed by atoms with Crippen LogP contribution in [0.4, 0.5) is 0 Å². The molecule has 1 N–H and O–H groups in total. The summed E-state index contributed by atoms with van der Waals surface area (Å²) in [6.07, 6.45) is 1.54. The van der Waals surface area contributed by atoms with Crippen molar-refractivity contribution in [2.75, 3.05) is 0 Å². The van der Waals surface area contributed by atoms with E-state index < -0.39 is 5.97 Å². The highest BCUT2D eigenvalue weighted by Crippen LogP contribution is 2.25. The molecule has 0 radical (unpaired) electrons. The Balaban J connectivity index is 2.20. The standard InChI is InChI=1S/C18H15ClN2O2/c1-11-3-8-15(9-12(11)2)21-10-16(18(22)23)20-17(21)13-4-6-14(19)7-5-13/h3-10H,1-2H3,(H,22,23). The molecule has 1 aromatic heterocycles. The molecule has 5 heteroatoms. The lowest BCUT2D eigenvalue weighted by Gasteiger charge is -2.10. The van der Waals surface area contributed by atoms with Crippen LogP contribution >= 0.6 is 11.6 Å². The molecule has 3 aromatic rings. The third-order valence-electron chi connectivity index (χ3n) is 3.80. The van der Waals surface area contributed by atoms with E-state index in [2.05, 4.69) is 4.98 Å². The quantitative estimate of drug-likeness (QED) is 0.770. The maximum atomic E-state index is 11.3. The zero-order chi connectivity index (χ0) is 16.6. The highest BCUT2D eigenvalue weighted by atomic mass is 35.5. The van der Waals surface area contributed by atoms with Gasteiger partial charge in [-0.1, -0.05) is 17.7 Å². The first-order valence-electron chi connectivity index (χ1n) is 7.12. The molecule has 3 rings (SSSR count). The van der Waals surface area contributed by atoms with Gasteiger partial charge in [0.05, 0.1) is 0 Å². The van der Waals surface area contributed by atoms with Crippen molar-refractivity contribution in [2.45, 2.75) is 13.8 Å². The Morgan fingerprint density at radius 2 is 1.78 bits per heavy atom. The molecule has 4 nitrogen and oxygen atoms in total. The average Bonchev–Trinajstić information content (AvgIpc) is 2.96. The lowest BCUT2D eigenvalue weighted by atomic mass is 10.1. The molecule has 0 aliphatic carbocycles. The van der Waals surface area contributed by atoms with Gasteiger partial charge < -0.3 is 5.11 Å². The van der Waals surface area contributed by atoms with Gasteiger partial charge in [0.1, 0.15) is 5.82 Å². The summed E-state index contributed by atoms with van der Waals surface area (Å²) in [6, 6.07) is 13.2. The number of imidazole rings is 1. The van der Waals surface area contributed by atoms with Gasteiger partial charge in [0.15, 0.2) is 5.69 Å². The van der Waals surface area contributed by atoms with Crippen LogP contribution in [-0.4, -0.2) is 20.6 Å². The van der Waals surface area contributed by atoms with Crippen LogP contribution in [0, 0.1) is 13.8 Å². The monoisotopic (exact) mass is 326 g/mol. The molecule has 0 saturated heterocycles. The van der Waals surface area contributed by atoms with Crippen molar-refractivity contribution in [3.63, 3.8) is 0 Å². The largest absolute Gasteiger partial charge is 0.476 e. The van der Waals surface area contributed by atoms with E-state index in [0.717, 1.165) is 16.8 Å². The van der Waals surface area contributed by atoms with Crippen molar-refractivity contribution in [1.82, 2.24) is 9.55 Å². The van der Waals surface area contributed by atoms with Gasteiger partial charge in [-0.05, 0) is 61.4 Å². The Kier molecular flexibility index (Phi) is 3.92. The van der Waals surface area contributed by atoms with Crippen LogP contribution in [0.2, 0.25) is 5.02 Å². The lowest BCUT2D eigenvalue weighted by molar-refractivity contribution is 0.0691. The summed E-state index contributed by atoms with van der Waals surface area (Å²) in [4.78, 5) is 15.6. The predicted molar refractivity (Wildman–Crippen MR) is 90.4 cm³/mol. The Morgan fingerprint density at radius 3 is 2.39 bits per heavy atom. The number of aryl methyl sites for hydroxylation is 2. The van der Waals surface area contributed by atoms with Crippen LogP contribution in [0.25, 0.3) is 17.1 Å². The summed E-state index contributed by atoms with van der Waals surface area (Å²) >= 11 is 5.93. The number of halogens is 1. The third kappa shape index (κ3) is 2.98. The minimum atomic E-state index is -1.05. The Labute approximate surface area is 139 Å². The van der Waals surface area contributed by atoms with Crippen LogP contribution in [0.15, 0.2) is 48.7 Å². The molecule has 0 spiro atoms. The van der Waals surface area contributed by atoms with E-state index >= 15 is 0 Å². The highest BCUT2D eigenvalue weighted by molar-refractivity contribution is 6.30. The fourth-order valence-electron chi connectivity index (χ4n) is 2.36. The van der Waals surface area contributed by atoms with Gasteiger partial charge in [-0.25, -0.2) is 9.78 Å². The molecule has 0 aliphatic rings. The number of carboxylic acid groups (broad SMARTS) is 1. The Hall–Kier alpha value is -2.59. The fraction of sp³-hybridized carbons (Fsp3) is 0.111. The summed E-state index contributed by atoms with van der Waals surface area (Å²) in [7, 11) is 0. The number of aromatic carboxylic acids is 1. The van der Waals surface area contributed by atoms with E-state index in [1.165, 1.54) is 11.8 Å². The number of hydrogen-bond donors (Lipinski definition) is 1. The Morgan fingerprint density at radius 1 is 1.09 bits per heavy atom. The van der Waals surface area contributed by atoms with E-state index in [4.69, 9.17) is 11.6 Å². The molecule has 23 heavy (non-hydrogen) atoms.